The lowest BCUT2D eigenvalue weighted by molar-refractivity contribution is -0.161. The summed E-state index contributed by atoms with van der Waals surface area (Å²) < 4.78 is 68.6. The third-order valence-electron chi connectivity index (χ3n) is 18.3. The van der Waals surface area contributed by atoms with Crippen LogP contribution in [0.4, 0.5) is 0 Å². The first-order valence-corrected chi connectivity index (χ1v) is 43.7. The van der Waals surface area contributed by atoms with Crippen molar-refractivity contribution in [2.45, 2.75) is 420 Å². The van der Waals surface area contributed by atoms with E-state index < -0.39 is 97.5 Å². The molecule has 0 saturated carbocycles. The second kappa shape index (κ2) is 68.2. The maximum absolute atomic E-state index is 13.1. The lowest BCUT2D eigenvalue weighted by Crippen LogP contribution is -2.30. The van der Waals surface area contributed by atoms with E-state index in [2.05, 4.69) is 55.4 Å². The molecule has 0 bridgehead atoms. The normalized spacial score (nSPS) is 14.1. The van der Waals surface area contributed by atoms with Crippen LogP contribution in [-0.4, -0.2) is 96.7 Å². The molecule has 0 rings (SSSR count). The number of aliphatic hydroxyl groups is 1. The molecule has 3 N–H and O–H groups in total. The molecular formula is C79H154O17P2. The van der Waals surface area contributed by atoms with Crippen LogP contribution in [-0.2, 0) is 65.4 Å². The minimum absolute atomic E-state index is 0.106. The molecule has 0 heterocycles. The lowest BCUT2D eigenvalue weighted by Gasteiger charge is -2.21. The Kier molecular flexibility index (Phi) is 66.8. The van der Waals surface area contributed by atoms with Crippen molar-refractivity contribution in [3.63, 3.8) is 0 Å². The number of rotatable bonds is 76. The van der Waals surface area contributed by atoms with E-state index in [0.717, 1.165) is 114 Å². The van der Waals surface area contributed by atoms with Gasteiger partial charge in [0.05, 0.1) is 26.4 Å². The molecule has 0 aromatic heterocycles. The number of hydrogen-bond acceptors (Lipinski definition) is 15. The highest BCUT2D eigenvalue weighted by Crippen LogP contribution is 2.45. The zero-order valence-corrected chi connectivity index (χ0v) is 66.2. The number of phosphoric ester groups is 2. The van der Waals surface area contributed by atoms with E-state index in [-0.39, 0.29) is 25.7 Å². The molecule has 0 amide bonds. The Hall–Kier alpha value is -1.94. The van der Waals surface area contributed by atoms with Gasteiger partial charge in [0.1, 0.15) is 19.3 Å². The van der Waals surface area contributed by atoms with Crippen molar-refractivity contribution in [3.8, 4) is 0 Å². The van der Waals surface area contributed by atoms with Gasteiger partial charge in [-0.25, -0.2) is 9.13 Å². The van der Waals surface area contributed by atoms with E-state index in [1.54, 1.807) is 0 Å². The largest absolute Gasteiger partial charge is 0.472 e. The number of ether oxygens (including phenoxy) is 4. The van der Waals surface area contributed by atoms with Gasteiger partial charge in [-0.2, -0.15) is 0 Å². The number of unbranched alkanes of at least 4 members (excludes halogenated alkanes) is 42. The van der Waals surface area contributed by atoms with Gasteiger partial charge >= 0.3 is 39.5 Å². The van der Waals surface area contributed by atoms with Gasteiger partial charge in [0, 0.05) is 25.7 Å². The number of esters is 4. The second-order valence-electron chi connectivity index (χ2n) is 30.4. The minimum Gasteiger partial charge on any atom is -0.462 e. The second-order valence-corrected chi connectivity index (χ2v) is 33.3. The molecule has 0 aliphatic heterocycles. The Morgan fingerprint density at radius 2 is 0.429 bits per heavy atom. The molecule has 0 radical (unpaired) electrons. The number of hydrogen-bond donors (Lipinski definition) is 3. The van der Waals surface area contributed by atoms with Crippen molar-refractivity contribution in [2.24, 2.45) is 23.7 Å². The van der Waals surface area contributed by atoms with E-state index in [1.165, 1.54) is 199 Å². The average Bonchev–Trinajstić information content (AvgIpc) is 1.05. The smallest absolute Gasteiger partial charge is 0.462 e. The van der Waals surface area contributed by atoms with Gasteiger partial charge < -0.3 is 33.8 Å². The Morgan fingerprint density at radius 3 is 0.633 bits per heavy atom. The zero-order valence-electron chi connectivity index (χ0n) is 64.4. The molecule has 5 atom stereocenters. The predicted octanol–water partition coefficient (Wildman–Crippen LogP) is 23.2. The van der Waals surface area contributed by atoms with Gasteiger partial charge in [0.2, 0.25) is 0 Å². The molecule has 0 spiro atoms. The lowest BCUT2D eigenvalue weighted by atomic mass is 10.0. The van der Waals surface area contributed by atoms with Crippen LogP contribution in [0.3, 0.4) is 0 Å². The van der Waals surface area contributed by atoms with Crippen LogP contribution in [0.5, 0.6) is 0 Å². The van der Waals surface area contributed by atoms with Gasteiger partial charge in [-0.05, 0) is 49.4 Å². The molecule has 582 valence electrons. The Balaban J connectivity index is 5.20. The van der Waals surface area contributed by atoms with Gasteiger partial charge in [-0.15, -0.1) is 0 Å². The summed E-state index contributed by atoms with van der Waals surface area (Å²) in [6.45, 7) is 14.2. The molecule has 3 unspecified atom stereocenters. The summed E-state index contributed by atoms with van der Waals surface area (Å²) in [5, 5.41) is 10.6. The molecular weight excluding hydrogens is 1280 g/mol. The maximum Gasteiger partial charge on any atom is 0.472 e. The standard InChI is InChI=1S/C79H154O17P2/c1-69(2)55-47-39-31-24-19-15-13-11-9-10-12-14-16-21-27-36-45-53-61-78(83)96-75(66-90-77(82)60-52-44-38-30-34-42-50-58-72(7)8)68-94-98(87,88)92-64-73(80)63-91-97(85,86)93-67-74(65-89-76(81)59-51-43-35-29-23-26-33-41-49-57-71(5)6)95-79(84)62-54-46-37-28-22-18-17-20-25-32-40-48-56-70(3)4/h69-75,80H,9-68H2,1-8H3,(H,85,86)(H,87,88)/t73?,74-,75-/m1/s1. The summed E-state index contributed by atoms with van der Waals surface area (Å²) in [5.41, 5.74) is 0. The van der Waals surface area contributed by atoms with Crippen LogP contribution in [0.2, 0.25) is 0 Å². The SMILES string of the molecule is CC(C)CCCCCCCCCCCCCCCCCCCCC(=O)O[C@H](COC(=O)CCCCCCCCCC(C)C)COP(=O)(O)OCC(O)COP(=O)(O)OC[C@@H](COC(=O)CCCCCCCCCCCC(C)C)OC(=O)CCCCCCCCCCCCCCC(C)C. The van der Waals surface area contributed by atoms with E-state index in [9.17, 15) is 43.2 Å². The molecule has 0 aliphatic carbocycles. The molecule has 0 aromatic carbocycles. The highest BCUT2D eigenvalue weighted by Gasteiger charge is 2.30. The first-order valence-electron chi connectivity index (χ1n) is 40.7. The molecule has 98 heavy (non-hydrogen) atoms. The highest BCUT2D eigenvalue weighted by atomic mass is 31.2. The number of carbonyl (C=O) groups excluding carboxylic acids is 4. The average molecular weight is 1440 g/mol. The predicted molar refractivity (Wildman–Crippen MR) is 400 cm³/mol. The van der Waals surface area contributed by atoms with Crippen molar-refractivity contribution in [1.29, 1.82) is 0 Å². The Labute approximate surface area is 600 Å². The molecule has 19 heteroatoms. The van der Waals surface area contributed by atoms with Crippen LogP contribution in [0.15, 0.2) is 0 Å². The molecule has 0 saturated heterocycles. The van der Waals surface area contributed by atoms with Crippen molar-refractivity contribution in [2.75, 3.05) is 39.6 Å². The van der Waals surface area contributed by atoms with Crippen LogP contribution >= 0.6 is 15.6 Å². The van der Waals surface area contributed by atoms with Crippen LogP contribution in [0, 0.1) is 23.7 Å². The Morgan fingerprint density at radius 1 is 0.255 bits per heavy atom. The van der Waals surface area contributed by atoms with Crippen molar-refractivity contribution in [3.05, 3.63) is 0 Å². The third-order valence-corrected chi connectivity index (χ3v) is 20.2. The van der Waals surface area contributed by atoms with E-state index in [4.69, 9.17) is 37.0 Å². The number of aliphatic hydroxyl groups excluding tert-OH is 1. The molecule has 0 aromatic rings. The van der Waals surface area contributed by atoms with Crippen LogP contribution < -0.4 is 0 Å². The first kappa shape index (κ1) is 96.1. The fourth-order valence-corrected chi connectivity index (χ4v) is 13.7. The van der Waals surface area contributed by atoms with Gasteiger partial charge in [0.25, 0.3) is 0 Å². The first-order chi connectivity index (χ1) is 47.1. The fraction of sp³-hybridized carbons (Fsp3) is 0.949. The quantitative estimate of drug-likeness (QED) is 0.0222. The molecule has 0 fully saturated rings. The number of phosphoric acid groups is 2. The third kappa shape index (κ3) is 72.4. The summed E-state index contributed by atoms with van der Waals surface area (Å²) in [5.74, 6) is 0.927. The summed E-state index contributed by atoms with van der Waals surface area (Å²) >= 11 is 0. The van der Waals surface area contributed by atoms with Gasteiger partial charge in [-0.1, -0.05) is 351 Å². The monoisotopic (exact) mass is 1440 g/mol. The van der Waals surface area contributed by atoms with E-state index in [0.29, 0.717) is 31.6 Å². The van der Waals surface area contributed by atoms with Gasteiger partial charge in [-0.3, -0.25) is 37.3 Å². The summed E-state index contributed by atoms with van der Waals surface area (Å²) in [7, 11) is -9.92. The number of carbonyl (C=O) groups is 4. The fourth-order valence-electron chi connectivity index (χ4n) is 12.1. The van der Waals surface area contributed by atoms with Gasteiger partial charge in [0.15, 0.2) is 12.2 Å². The van der Waals surface area contributed by atoms with Crippen LogP contribution in [0.1, 0.15) is 402 Å². The molecule has 0 aliphatic rings. The van der Waals surface area contributed by atoms with E-state index >= 15 is 0 Å². The topological polar surface area (TPSA) is 237 Å². The molecule has 17 nitrogen and oxygen atoms in total. The highest BCUT2D eigenvalue weighted by molar-refractivity contribution is 7.47. The van der Waals surface area contributed by atoms with Crippen molar-refractivity contribution >= 4 is 39.5 Å². The Bertz CT molecular complexity index is 1920. The van der Waals surface area contributed by atoms with Crippen LogP contribution in [0.25, 0.3) is 0 Å². The zero-order chi connectivity index (χ0) is 72.4. The summed E-state index contributed by atoms with van der Waals surface area (Å²) in [6, 6.07) is 0. The maximum atomic E-state index is 13.1. The minimum atomic E-state index is -4.96. The van der Waals surface area contributed by atoms with Crippen molar-refractivity contribution < 1.29 is 80.2 Å². The summed E-state index contributed by atoms with van der Waals surface area (Å²) in [6.07, 6.45) is 54.3. The van der Waals surface area contributed by atoms with Crippen molar-refractivity contribution in [1.82, 2.24) is 0 Å². The summed E-state index contributed by atoms with van der Waals surface area (Å²) in [4.78, 5) is 72.9. The van der Waals surface area contributed by atoms with E-state index in [1.807, 2.05) is 0 Å².